The molecule has 3 N–H and O–H groups in total. The van der Waals surface area contributed by atoms with Gasteiger partial charge in [0.05, 0.1) is 18.9 Å². The zero-order valence-corrected chi connectivity index (χ0v) is 18.6. The molecule has 0 fully saturated rings. The van der Waals surface area contributed by atoms with Crippen molar-refractivity contribution in [1.82, 2.24) is 15.2 Å². The van der Waals surface area contributed by atoms with E-state index < -0.39 is 12.1 Å². The maximum absolute atomic E-state index is 12.3. The highest BCUT2D eigenvalue weighted by Crippen LogP contribution is 2.28. The molecule has 10 nitrogen and oxygen atoms in total. The number of benzene rings is 1. The molecule has 2 aromatic rings. The fraction of sp³-hybridized carbons (Fsp3) is 0.333. The lowest BCUT2D eigenvalue weighted by molar-refractivity contribution is 0.136. The van der Waals surface area contributed by atoms with E-state index in [-0.39, 0.29) is 0 Å². The number of nitrogens with zero attached hydrogens (tertiary/aromatic N) is 3. The Bertz CT molecular complexity index is 946. The number of halogens is 1. The van der Waals surface area contributed by atoms with Gasteiger partial charge in [-0.15, -0.1) is 0 Å². The molecule has 11 heteroatoms. The van der Waals surface area contributed by atoms with Crippen LogP contribution in [0.5, 0.6) is 5.75 Å². The van der Waals surface area contributed by atoms with Crippen molar-refractivity contribution in [2.24, 2.45) is 0 Å². The van der Waals surface area contributed by atoms with E-state index in [1.54, 1.807) is 24.3 Å². The van der Waals surface area contributed by atoms with Crippen molar-refractivity contribution in [3.8, 4) is 5.75 Å². The maximum Gasteiger partial charge on any atom is 0.407 e. The molecule has 0 bridgehead atoms. The van der Waals surface area contributed by atoms with Crippen LogP contribution in [0.3, 0.4) is 0 Å². The van der Waals surface area contributed by atoms with Crippen LogP contribution in [0.4, 0.5) is 26.8 Å². The molecular formula is C21H25ClN6O4. The van der Waals surface area contributed by atoms with Gasteiger partial charge >= 0.3 is 12.1 Å². The molecule has 1 aromatic heterocycles. The summed E-state index contributed by atoms with van der Waals surface area (Å²) in [6.07, 6.45) is 1.42. The molecule has 0 radical (unpaired) electrons. The number of likely N-dealkylation sites (N-methyl/N-ethyl adjacent to an activating group) is 1. The fourth-order valence-corrected chi connectivity index (χ4v) is 2.51. The quantitative estimate of drug-likeness (QED) is 0.365. The number of carbonyl (C=O) groups excluding carboxylic acids is 2. The highest BCUT2D eigenvalue weighted by atomic mass is 35.5. The van der Waals surface area contributed by atoms with E-state index in [0.29, 0.717) is 60.7 Å². The van der Waals surface area contributed by atoms with Gasteiger partial charge in [-0.05, 0) is 44.8 Å². The minimum atomic E-state index is -0.540. The Morgan fingerprint density at radius 2 is 2.00 bits per heavy atom. The summed E-state index contributed by atoms with van der Waals surface area (Å²) in [7, 11) is 3.79. The van der Waals surface area contributed by atoms with Gasteiger partial charge in [-0.1, -0.05) is 17.7 Å². The van der Waals surface area contributed by atoms with E-state index in [1.807, 2.05) is 19.0 Å². The molecule has 1 aromatic carbocycles. The van der Waals surface area contributed by atoms with Crippen molar-refractivity contribution in [3.05, 3.63) is 53.0 Å². The summed E-state index contributed by atoms with van der Waals surface area (Å²) in [5.74, 6) is 0.720. The van der Waals surface area contributed by atoms with Gasteiger partial charge in [0.15, 0.2) is 0 Å². The first-order valence-corrected chi connectivity index (χ1v) is 10.1. The summed E-state index contributed by atoms with van der Waals surface area (Å²) in [6.45, 7) is 8.57. The zero-order valence-electron chi connectivity index (χ0n) is 17.9. The van der Waals surface area contributed by atoms with Crippen molar-refractivity contribution in [3.63, 3.8) is 0 Å². The highest BCUT2D eigenvalue weighted by molar-refractivity contribution is 6.31. The minimum absolute atomic E-state index is 0.294. The molecule has 0 aliphatic rings. The summed E-state index contributed by atoms with van der Waals surface area (Å²) >= 11 is 6.04. The van der Waals surface area contributed by atoms with Crippen molar-refractivity contribution in [2.75, 3.05) is 51.0 Å². The lowest BCUT2D eigenvalue weighted by atomic mass is 10.3. The molecule has 1 heterocycles. The molecule has 0 saturated carbocycles. The van der Waals surface area contributed by atoms with Crippen LogP contribution in [-0.2, 0) is 4.74 Å². The second kappa shape index (κ2) is 13.0. The number of hydrogen-bond donors (Lipinski definition) is 3. The second-order valence-corrected chi connectivity index (χ2v) is 7.24. The zero-order chi connectivity index (χ0) is 23.3. The van der Waals surface area contributed by atoms with E-state index >= 15 is 0 Å². The van der Waals surface area contributed by atoms with Crippen molar-refractivity contribution in [1.29, 1.82) is 0 Å². The number of aromatic nitrogens is 1. The fourth-order valence-electron chi connectivity index (χ4n) is 2.34. The van der Waals surface area contributed by atoms with E-state index in [9.17, 15) is 9.59 Å². The summed E-state index contributed by atoms with van der Waals surface area (Å²) in [6, 6.07) is 7.39. The summed E-state index contributed by atoms with van der Waals surface area (Å²) in [5.41, 5.74) is 0.752. The molecule has 0 aliphatic carbocycles. The van der Waals surface area contributed by atoms with Crippen molar-refractivity contribution < 1.29 is 19.1 Å². The molecular weight excluding hydrogens is 436 g/mol. The Morgan fingerprint density at radius 1 is 1.19 bits per heavy atom. The molecule has 2 rings (SSSR count). The molecule has 3 amide bonds. The Hall–Kier alpha value is -3.55. The molecule has 170 valence electrons. The van der Waals surface area contributed by atoms with E-state index in [1.165, 1.54) is 12.3 Å². The number of anilines is 2. The second-order valence-electron chi connectivity index (χ2n) is 6.80. The Labute approximate surface area is 191 Å². The average molecular weight is 461 g/mol. The number of amides is 3. The van der Waals surface area contributed by atoms with Gasteiger partial charge in [0, 0.05) is 24.3 Å². The first-order chi connectivity index (χ1) is 15.4. The molecule has 0 aliphatic heterocycles. The standard InChI is InChI=1S/C21H25ClN6O4/c1-23-16-6-8-19(25-14-16)27-20(29)26-17-13-15(22)5-7-18(17)31-11-4-9-24-21(30)32-12-10-28(2)3/h5-8,13-14H,4,9-12H2,2-3H3,(H,24,30)(H2,25,26,27,29). The summed E-state index contributed by atoms with van der Waals surface area (Å²) < 4.78 is 10.8. The van der Waals surface area contributed by atoms with Crippen LogP contribution in [-0.4, -0.2) is 62.4 Å². The Balaban J connectivity index is 1.80. The highest BCUT2D eigenvalue weighted by Gasteiger charge is 2.10. The number of alkyl carbamates (subject to hydrolysis) is 1. The number of hydrogen-bond acceptors (Lipinski definition) is 6. The van der Waals surface area contributed by atoms with Gasteiger partial charge in [-0.3, -0.25) is 10.3 Å². The van der Waals surface area contributed by atoms with Crippen LogP contribution in [0.1, 0.15) is 6.42 Å². The van der Waals surface area contributed by atoms with Crippen LogP contribution in [0.15, 0.2) is 36.5 Å². The van der Waals surface area contributed by atoms with Gasteiger partial charge in [-0.25, -0.2) is 14.4 Å². The minimum Gasteiger partial charge on any atom is -0.491 e. The van der Waals surface area contributed by atoms with Gasteiger partial charge in [0.1, 0.15) is 18.2 Å². The number of pyridine rings is 1. The molecule has 0 unspecified atom stereocenters. The molecule has 0 atom stereocenters. The average Bonchev–Trinajstić information content (AvgIpc) is 2.75. The third-order valence-electron chi connectivity index (χ3n) is 3.93. The van der Waals surface area contributed by atoms with Crippen LogP contribution < -0.4 is 20.7 Å². The summed E-state index contributed by atoms with van der Waals surface area (Å²) in [5, 5.41) is 8.31. The number of carbonyl (C=O) groups is 2. The lowest BCUT2D eigenvalue weighted by Gasteiger charge is -2.14. The topological polar surface area (TPSA) is 109 Å². The number of urea groups is 1. The Kier molecular flexibility index (Phi) is 10.0. The predicted octanol–water partition coefficient (Wildman–Crippen LogP) is 3.99. The molecule has 0 spiro atoms. The summed E-state index contributed by atoms with van der Waals surface area (Å²) in [4.78, 5) is 33.0. The van der Waals surface area contributed by atoms with Crippen LogP contribution >= 0.6 is 11.6 Å². The lowest BCUT2D eigenvalue weighted by Crippen LogP contribution is -2.29. The van der Waals surface area contributed by atoms with Crippen LogP contribution in [0, 0.1) is 6.57 Å². The largest absolute Gasteiger partial charge is 0.491 e. The molecule has 0 saturated heterocycles. The van der Waals surface area contributed by atoms with E-state index in [2.05, 4.69) is 25.8 Å². The van der Waals surface area contributed by atoms with Gasteiger partial charge in [0.2, 0.25) is 5.69 Å². The van der Waals surface area contributed by atoms with Gasteiger partial charge in [-0.2, -0.15) is 0 Å². The van der Waals surface area contributed by atoms with Crippen LogP contribution in [0.25, 0.3) is 4.85 Å². The predicted molar refractivity (Wildman–Crippen MR) is 123 cm³/mol. The third kappa shape index (κ3) is 9.07. The van der Waals surface area contributed by atoms with E-state index in [0.717, 1.165) is 0 Å². The van der Waals surface area contributed by atoms with Gasteiger partial charge < -0.3 is 25.0 Å². The van der Waals surface area contributed by atoms with Crippen LogP contribution in [0.2, 0.25) is 5.02 Å². The van der Waals surface area contributed by atoms with Crippen molar-refractivity contribution in [2.45, 2.75) is 6.42 Å². The number of nitrogens with one attached hydrogen (secondary N) is 3. The number of ether oxygens (including phenoxy) is 2. The Morgan fingerprint density at radius 3 is 2.69 bits per heavy atom. The smallest absolute Gasteiger partial charge is 0.407 e. The first-order valence-electron chi connectivity index (χ1n) is 9.76. The van der Waals surface area contributed by atoms with Gasteiger partial charge in [0.25, 0.3) is 0 Å². The van der Waals surface area contributed by atoms with E-state index in [4.69, 9.17) is 27.6 Å². The SMILES string of the molecule is [C-]#[N+]c1ccc(NC(=O)Nc2cc(Cl)ccc2OCCCNC(=O)OCCN(C)C)nc1. The normalized spacial score (nSPS) is 10.2. The monoisotopic (exact) mass is 460 g/mol. The third-order valence-corrected chi connectivity index (χ3v) is 4.16. The number of rotatable bonds is 10. The maximum atomic E-state index is 12.3. The molecule has 32 heavy (non-hydrogen) atoms. The first kappa shape index (κ1) is 24.7. The van der Waals surface area contributed by atoms with Crippen molar-refractivity contribution >= 4 is 40.9 Å².